The van der Waals surface area contributed by atoms with E-state index >= 15 is 0 Å². The minimum Gasteiger partial charge on any atom is -0.360 e. The fraction of sp³-hybridized carbons (Fsp3) is 0.462. The van der Waals surface area contributed by atoms with E-state index in [0.29, 0.717) is 11.4 Å². The molecule has 0 spiro atoms. The standard InChI is InChI=1S/C13H16N4O/c1-17(2)12(18)8-15-13-10(7-14)6-9-4-3-5-11(9)16-13/h6H,3-5,8H2,1-2H3,(H,15,16). The molecule has 0 aromatic carbocycles. The number of nitrogens with one attached hydrogen (secondary N) is 1. The number of aromatic nitrogens is 1. The van der Waals surface area contributed by atoms with Crippen molar-refractivity contribution < 1.29 is 4.79 Å². The van der Waals surface area contributed by atoms with Gasteiger partial charge in [-0.25, -0.2) is 4.98 Å². The van der Waals surface area contributed by atoms with Crippen molar-refractivity contribution >= 4 is 11.7 Å². The number of fused-ring (bicyclic) bond motifs is 1. The lowest BCUT2D eigenvalue weighted by Crippen LogP contribution is -2.29. The summed E-state index contributed by atoms with van der Waals surface area (Å²) in [4.78, 5) is 17.5. The number of nitriles is 1. The number of pyridine rings is 1. The molecule has 94 valence electrons. The third kappa shape index (κ3) is 2.43. The first-order valence-electron chi connectivity index (χ1n) is 5.98. The van der Waals surface area contributed by atoms with Crippen molar-refractivity contribution in [2.24, 2.45) is 0 Å². The Morgan fingerprint density at radius 2 is 2.33 bits per heavy atom. The van der Waals surface area contributed by atoms with Crippen LogP contribution in [0.5, 0.6) is 0 Å². The van der Waals surface area contributed by atoms with Crippen LogP contribution in [-0.4, -0.2) is 36.4 Å². The van der Waals surface area contributed by atoms with E-state index in [2.05, 4.69) is 16.4 Å². The normalized spacial score (nSPS) is 12.7. The second kappa shape index (κ2) is 5.05. The number of carbonyl (C=O) groups is 1. The molecule has 0 unspecified atom stereocenters. The molecule has 1 aromatic rings. The zero-order valence-corrected chi connectivity index (χ0v) is 10.7. The van der Waals surface area contributed by atoms with Crippen molar-refractivity contribution in [1.82, 2.24) is 9.88 Å². The maximum atomic E-state index is 11.5. The van der Waals surface area contributed by atoms with Gasteiger partial charge in [0, 0.05) is 19.8 Å². The first-order valence-corrected chi connectivity index (χ1v) is 5.98. The second-order valence-corrected chi connectivity index (χ2v) is 4.60. The fourth-order valence-electron chi connectivity index (χ4n) is 2.01. The zero-order chi connectivity index (χ0) is 13.1. The molecule has 0 fully saturated rings. The zero-order valence-electron chi connectivity index (χ0n) is 10.7. The molecule has 18 heavy (non-hydrogen) atoms. The molecule has 0 bridgehead atoms. The van der Waals surface area contributed by atoms with E-state index in [-0.39, 0.29) is 12.5 Å². The number of hydrogen-bond donors (Lipinski definition) is 1. The molecule has 0 radical (unpaired) electrons. The summed E-state index contributed by atoms with van der Waals surface area (Å²) in [5.41, 5.74) is 2.73. The van der Waals surface area contributed by atoms with E-state index in [4.69, 9.17) is 5.26 Å². The Bertz CT molecular complexity index is 516. The molecule has 0 atom stereocenters. The Hall–Kier alpha value is -2.09. The van der Waals surface area contributed by atoms with Gasteiger partial charge in [-0.2, -0.15) is 5.26 Å². The molecular formula is C13H16N4O. The van der Waals surface area contributed by atoms with Gasteiger partial charge in [-0.05, 0) is 30.9 Å². The number of likely N-dealkylation sites (N-methyl/N-ethyl adjacent to an activating group) is 1. The number of hydrogen-bond acceptors (Lipinski definition) is 4. The molecule has 1 heterocycles. The van der Waals surface area contributed by atoms with Gasteiger partial charge < -0.3 is 10.2 Å². The van der Waals surface area contributed by atoms with Crippen molar-refractivity contribution in [3.8, 4) is 6.07 Å². The van der Waals surface area contributed by atoms with Crippen LogP contribution >= 0.6 is 0 Å². The molecule has 1 amide bonds. The fourth-order valence-corrected chi connectivity index (χ4v) is 2.01. The van der Waals surface area contributed by atoms with Crippen LogP contribution in [0.4, 0.5) is 5.82 Å². The summed E-state index contributed by atoms with van der Waals surface area (Å²) >= 11 is 0. The van der Waals surface area contributed by atoms with Crippen LogP contribution in [0.3, 0.4) is 0 Å². The first-order chi connectivity index (χ1) is 8.61. The van der Waals surface area contributed by atoms with Crippen molar-refractivity contribution in [1.29, 1.82) is 5.26 Å². The summed E-state index contributed by atoms with van der Waals surface area (Å²) in [6.45, 7) is 0.160. The highest BCUT2D eigenvalue weighted by Crippen LogP contribution is 2.24. The number of carbonyl (C=O) groups excluding carboxylic acids is 1. The molecular weight excluding hydrogens is 228 g/mol. The van der Waals surface area contributed by atoms with Gasteiger partial charge in [0.25, 0.3) is 0 Å². The average Bonchev–Trinajstić information content (AvgIpc) is 2.81. The summed E-state index contributed by atoms with van der Waals surface area (Å²) in [7, 11) is 3.40. The van der Waals surface area contributed by atoms with Crippen molar-refractivity contribution in [3.05, 3.63) is 22.9 Å². The Kier molecular flexibility index (Phi) is 3.47. The summed E-state index contributed by atoms with van der Waals surface area (Å²) < 4.78 is 0. The third-order valence-corrected chi connectivity index (χ3v) is 3.08. The lowest BCUT2D eigenvalue weighted by Gasteiger charge is -2.13. The second-order valence-electron chi connectivity index (χ2n) is 4.60. The maximum absolute atomic E-state index is 11.5. The minimum absolute atomic E-state index is 0.0406. The number of rotatable bonds is 3. The molecule has 0 saturated carbocycles. The Morgan fingerprint density at radius 1 is 1.56 bits per heavy atom. The number of nitrogens with zero attached hydrogens (tertiary/aromatic N) is 3. The van der Waals surface area contributed by atoms with Gasteiger partial charge in [-0.3, -0.25) is 4.79 Å². The van der Waals surface area contributed by atoms with Crippen LogP contribution in [0.1, 0.15) is 23.2 Å². The molecule has 0 saturated heterocycles. The van der Waals surface area contributed by atoms with E-state index in [0.717, 1.165) is 30.5 Å². The molecule has 1 aromatic heterocycles. The molecule has 2 rings (SSSR count). The van der Waals surface area contributed by atoms with E-state index in [9.17, 15) is 4.79 Å². The maximum Gasteiger partial charge on any atom is 0.241 e. The number of anilines is 1. The third-order valence-electron chi connectivity index (χ3n) is 3.08. The number of amides is 1. The summed E-state index contributed by atoms with van der Waals surface area (Å²) in [6.07, 6.45) is 3.04. The Morgan fingerprint density at radius 3 is 3.00 bits per heavy atom. The van der Waals surface area contributed by atoms with Crippen LogP contribution in [0, 0.1) is 11.3 Å². The highest BCUT2D eigenvalue weighted by atomic mass is 16.2. The van der Waals surface area contributed by atoms with Crippen LogP contribution in [0.2, 0.25) is 0 Å². The molecule has 5 heteroatoms. The van der Waals surface area contributed by atoms with E-state index in [1.54, 1.807) is 14.1 Å². The van der Waals surface area contributed by atoms with Gasteiger partial charge >= 0.3 is 0 Å². The average molecular weight is 244 g/mol. The van der Waals surface area contributed by atoms with Gasteiger partial charge in [-0.15, -0.1) is 0 Å². The summed E-state index contributed by atoms with van der Waals surface area (Å²) in [5, 5.41) is 12.0. The van der Waals surface area contributed by atoms with Crippen LogP contribution in [0.25, 0.3) is 0 Å². The minimum atomic E-state index is -0.0406. The highest BCUT2D eigenvalue weighted by molar-refractivity contribution is 5.80. The monoisotopic (exact) mass is 244 g/mol. The van der Waals surface area contributed by atoms with Crippen LogP contribution < -0.4 is 5.32 Å². The highest BCUT2D eigenvalue weighted by Gasteiger charge is 2.16. The van der Waals surface area contributed by atoms with Crippen molar-refractivity contribution in [2.45, 2.75) is 19.3 Å². The molecule has 0 aliphatic heterocycles. The van der Waals surface area contributed by atoms with Gasteiger partial charge in [0.2, 0.25) is 5.91 Å². The molecule has 1 N–H and O–H groups in total. The summed E-state index contributed by atoms with van der Waals surface area (Å²) in [6, 6.07) is 4.02. The van der Waals surface area contributed by atoms with Gasteiger partial charge in [0.1, 0.15) is 11.9 Å². The van der Waals surface area contributed by atoms with E-state index in [1.807, 2.05) is 6.07 Å². The van der Waals surface area contributed by atoms with Crippen LogP contribution in [-0.2, 0) is 17.6 Å². The first kappa shape index (κ1) is 12.4. The predicted molar refractivity (Wildman–Crippen MR) is 68.2 cm³/mol. The molecule has 1 aliphatic carbocycles. The van der Waals surface area contributed by atoms with Gasteiger partial charge in [0.15, 0.2) is 0 Å². The SMILES string of the molecule is CN(C)C(=O)CNc1nc2c(cc1C#N)CCC2. The quantitative estimate of drug-likeness (QED) is 0.859. The molecule has 1 aliphatic rings. The van der Waals surface area contributed by atoms with Gasteiger partial charge in [-0.1, -0.05) is 0 Å². The number of aryl methyl sites for hydroxylation is 2. The lowest BCUT2D eigenvalue weighted by atomic mass is 10.1. The van der Waals surface area contributed by atoms with Gasteiger partial charge in [0.05, 0.1) is 12.1 Å². The van der Waals surface area contributed by atoms with E-state index in [1.165, 1.54) is 4.90 Å². The van der Waals surface area contributed by atoms with Crippen molar-refractivity contribution in [3.63, 3.8) is 0 Å². The smallest absolute Gasteiger partial charge is 0.241 e. The molecule has 5 nitrogen and oxygen atoms in total. The topological polar surface area (TPSA) is 69.0 Å². The Balaban J connectivity index is 2.18. The van der Waals surface area contributed by atoms with E-state index < -0.39 is 0 Å². The Labute approximate surface area is 106 Å². The van der Waals surface area contributed by atoms with Crippen LogP contribution in [0.15, 0.2) is 6.07 Å². The van der Waals surface area contributed by atoms with Crippen molar-refractivity contribution in [2.75, 3.05) is 26.0 Å². The summed E-state index contributed by atoms with van der Waals surface area (Å²) in [5.74, 6) is 0.481. The largest absolute Gasteiger partial charge is 0.360 e. The predicted octanol–water partition coefficient (Wildman–Crippen LogP) is 0.942. The lowest BCUT2D eigenvalue weighted by molar-refractivity contribution is -0.126.